The number of allylic oxidation sites excluding steroid dienone is 1. The number of carbonyl (C=O) groups excluding carboxylic acids is 3. The molecule has 0 aromatic heterocycles. The lowest BCUT2D eigenvalue weighted by molar-refractivity contribution is -0.143. The maximum absolute atomic E-state index is 14.2. The van der Waals surface area contributed by atoms with E-state index in [1.807, 2.05) is 0 Å². The lowest BCUT2D eigenvalue weighted by Gasteiger charge is -2.54. The fourth-order valence-corrected chi connectivity index (χ4v) is 7.00. The predicted molar refractivity (Wildman–Crippen MR) is 148 cm³/mol. The lowest BCUT2D eigenvalue weighted by atomic mass is 9.56. The Kier molecular flexibility index (Phi) is 8.13. The number of carbonyl (C=O) groups is 3. The maximum Gasteiger partial charge on any atom is 0.233 e. The van der Waals surface area contributed by atoms with E-state index in [0.717, 1.165) is 12.1 Å². The van der Waals surface area contributed by atoms with Crippen molar-refractivity contribution in [2.45, 2.75) is 44.9 Å². The number of likely N-dealkylation sites (N-methyl/N-ethyl adjacent to an activating group) is 1. The summed E-state index contributed by atoms with van der Waals surface area (Å²) in [5, 5.41) is 23.5. The highest BCUT2D eigenvalue weighted by atomic mass is 16.5. The van der Waals surface area contributed by atoms with Crippen LogP contribution in [-0.4, -0.2) is 86.8 Å². The minimum absolute atomic E-state index is 0.0727. The molecular formula is C29H40N4O7. The molecule has 218 valence electrons. The topological polar surface area (TPSA) is 164 Å². The number of nitrogens with zero attached hydrogens (tertiary/aromatic N) is 1. The van der Waals surface area contributed by atoms with E-state index in [2.05, 4.69) is 19.2 Å². The first kappa shape index (κ1) is 29.7. The molecule has 3 aliphatic carbocycles. The molecule has 0 radical (unpaired) electrons. The first-order valence-corrected chi connectivity index (χ1v) is 13.5. The number of nitrogens with one attached hydrogen (secondary N) is 2. The van der Waals surface area contributed by atoms with Gasteiger partial charge in [-0.15, -0.1) is 0 Å². The quantitative estimate of drug-likeness (QED) is 0.330. The number of phenolic OH excluding ortho intramolecular Hbond substituents is 1. The summed E-state index contributed by atoms with van der Waals surface area (Å²) in [5.41, 5.74) is 5.31. The number of aromatic hydroxyl groups is 1. The van der Waals surface area contributed by atoms with E-state index in [1.54, 1.807) is 32.2 Å². The Bertz CT molecular complexity index is 1290. The van der Waals surface area contributed by atoms with Crippen molar-refractivity contribution < 1.29 is 33.7 Å². The normalized spacial score (nSPS) is 28.0. The number of benzene rings is 1. The molecule has 1 fully saturated rings. The van der Waals surface area contributed by atoms with E-state index >= 15 is 0 Å². The number of hydrogen-bond donors (Lipinski definition) is 4. The van der Waals surface area contributed by atoms with E-state index < -0.39 is 46.9 Å². The molecule has 5 N–H and O–H groups in total. The Balaban J connectivity index is 1.94. The van der Waals surface area contributed by atoms with E-state index in [-0.39, 0.29) is 28.4 Å². The average molecular weight is 557 g/mol. The number of Topliss-reactive ketones (excluding diaryl/α,β-unsaturated/α-hetero) is 2. The number of ether oxygens (including phenoxy) is 3. The zero-order valence-corrected chi connectivity index (χ0v) is 24.2. The molecule has 0 spiro atoms. The lowest BCUT2D eigenvalue weighted by Crippen LogP contribution is -2.70. The van der Waals surface area contributed by atoms with Gasteiger partial charge in [0.2, 0.25) is 5.91 Å². The van der Waals surface area contributed by atoms with Gasteiger partial charge in [-0.25, -0.2) is 0 Å². The summed E-state index contributed by atoms with van der Waals surface area (Å²) in [6.45, 7) is 5.41. The number of nitrogens with two attached hydrogens (primary N) is 1. The molecule has 11 heteroatoms. The molecule has 1 aromatic carbocycles. The predicted octanol–water partition coefficient (Wildman–Crippen LogP) is 1.44. The number of fused-ring (bicyclic) bond motifs is 3. The van der Waals surface area contributed by atoms with Gasteiger partial charge in [0.1, 0.15) is 23.2 Å². The van der Waals surface area contributed by atoms with E-state index in [4.69, 9.17) is 25.4 Å². The second kappa shape index (κ2) is 10.9. The summed E-state index contributed by atoms with van der Waals surface area (Å²) < 4.78 is 17.7. The molecule has 4 rings (SSSR count). The van der Waals surface area contributed by atoms with Crippen LogP contribution in [0.15, 0.2) is 17.4 Å². The van der Waals surface area contributed by atoms with Gasteiger partial charge in [0, 0.05) is 36.3 Å². The Morgan fingerprint density at radius 2 is 1.93 bits per heavy atom. The van der Waals surface area contributed by atoms with Crippen LogP contribution in [0.1, 0.15) is 41.8 Å². The van der Waals surface area contributed by atoms with Crippen molar-refractivity contribution >= 4 is 23.2 Å². The Hall–Kier alpha value is -3.28. The van der Waals surface area contributed by atoms with Gasteiger partial charge in [-0.3, -0.25) is 19.3 Å². The third kappa shape index (κ3) is 4.31. The van der Waals surface area contributed by atoms with Crippen LogP contribution >= 0.6 is 0 Å². The van der Waals surface area contributed by atoms with Crippen molar-refractivity contribution in [2.24, 2.45) is 29.4 Å². The molecule has 1 saturated carbocycles. The summed E-state index contributed by atoms with van der Waals surface area (Å²) in [7, 11) is 7.74. The number of ketones is 2. The van der Waals surface area contributed by atoms with Gasteiger partial charge in [-0.2, -0.15) is 0 Å². The van der Waals surface area contributed by atoms with Crippen LogP contribution in [-0.2, 0) is 32.0 Å². The first-order chi connectivity index (χ1) is 18.9. The molecule has 0 heterocycles. The van der Waals surface area contributed by atoms with Crippen LogP contribution in [0.25, 0.3) is 0 Å². The third-order valence-corrected chi connectivity index (χ3v) is 8.49. The fraction of sp³-hybridized carbons (Fsp3) is 0.586. The van der Waals surface area contributed by atoms with Gasteiger partial charge in [0.25, 0.3) is 0 Å². The second-order valence-electron chi connectivity index (χ2n) is 11.5. The second-order valence-corrected chi connectivity index (χ2v) is 11.5. The molecule has 5 unspecified atom stereocenters. The largest absolute Gasteiger partial charge is 0.507 e. The van der Waals surface area contributed by atoms with Crippen molar-refractivity contribution in [3.63, 3.8) is 0 Å². The van der Waals surface area contributed by atoms with Gasteiger partial charge in [-0.1, -0.05) is 13.8 Å². The van der Waals surface area contributed by atoms with Gasteiger partial charge >= 0.3 is 0 Å². The van der Waals surface area contributed by atoms with Crippen LogP contribution in [0.5, 0.6) is 11.5 Å². The molecule has 0 bridgehead atoms. The Morgan fingerprint density at radius 3 is 2.45 bits per heavy atom. The molecule has 3 aliphatic rings. The highest BCUT2D eigenvalue weighted by molar-refractivity contribution is 6.26. The first-order valence-electron chi connectivity index (χ1n) is 13.5. The van der Waals surface area contributed by atoms with Gasteiger partial charge < -0.3 is 35.8 Å². The smallest absolute Gasteiger partial charge is 0.233 e. The van der Waals surface area contributed by atoms with E-state index in [9.17, 15) is 19.5 Å². The Morgan fingerprint density at radius 1 is 1.25 bits per heavy atom. The van der Waals surface area contributed by atoms with E-state index in [1.165, 1.54) is 14.2 Å². The molecule has 0 saturated heterocycles. The SMILES string of the molecule is COC1=C2C(=O)c3c(O)cc(CNCC(C)C)c(OC)c3CC2CC2C(N(C)C)C(=O)C(C(N)=O)C(=N)C12OC. The third-order valence-electron chi connectivity index (χ3n) is 8.49. The molecule has 0 aliphatic heterocycles. The summed E-state index contributed by atoms with van der Waals surface area (Å²) in [6.07, 6.45) is 0.638. The van der Waals surface area contributed by atoms with Crippen LogP contribution in [0.2, 0.25) is 0 Å². The fourth-order valence-electron chi connectivity index (χ4n) is 7.00. The molecule has 1 amide bonds. The van der Waals surface area contributed by atoms with Gasteiger partial charge in [0.15, 0.2) is 17.2 Å². The van der Waals surface area contributed by atoms with E-state index in [0.29, 0.717) is 36.6 Å². The number of amides is 1. The number of primary amides is 1. The van der Waals surface area contributed by atoms with Crippen molar-refractivity contribution in [2.75, 3.05) is 42.0 Å². The summed E-state index contributed by atoms with van der Waals surface area (Å²) in [5.74, 6) is -3.63. The van der Waals surface area contributed by atoms with Crippen LogP contribution < -0.4 is 15.8 Å². The maximum atomic E-state index is 14.2. The van der Waals surface area contributed by atoms with Crippen molar-refractivity contribution in [1.82, 2.24) is 10.2 Å². The minimum atomic E-state index is -1.67. The van der Waals surface area contributed by atoms with Gasteiger partial charge in [-0.05, 0) is 51.4 Å². The summed E-state index contributed by atoms with van der Waals surface area (Å²) in [6, 6.07) is 0.720. The summed E-state index contributed by atoms with van der Waals surface area (Å²) in [4.78, 5) is 41.9. The molecule has 5 atom stereocenters. The molecular weight excluding hydrogens is 516 g/mol. The van der Waals surface area contributed by atoms with Crippen molar-refractivity contribution in [1.29, 1.82) is 5.41 Å². The number of rotatable bonds is 9. The van der Waals surface area contributed by atoms with Crippen molar-refractivity contribution in [3.8, 4) is 11.5 Å². The average Bonchev–Trinajstić information content (AvgIpc) is 2.87. The highest BCUT2D eigenvalue weighted by Gasteiger charge is 2.66. The number of phenols is 1. The summed E-state index contributed by atoms with van der Waals surface area (Å²) >= 11 is 0. The van der Waals surface area contributed by atoms with Crippen LogP contribution in [0, 0.1) is 29.1 Å². The molecule has 1 aromatic rings. The zero-order chi connectivity index (χ0) is 29.7. The van der Waals surface area contributed by atoms with Gasteiger partial charge in [0.05, 0.1) is 31.5 Å². The minimum Gasteiger partial charge on any atom is -0.507 e. The standard InChI is InChI=1S/C29H40N4O7/c1-13(2)11-32-12-15-10-18(34)20-16(25(15)38-5)8-14-9-17-22(33(3)4)24(36)21(28(31)37)26(30)29(17,40-7)27(39-6)19(14)23(20)35/h10,13-14,17,21-22,30,32,34H,8-9,11-12H2,1-7H3,(H2,31,37). The highest BCUT2D eigenvalue weighted by Crippen LogP contribution is 2.55. The molecule has 11 nitrogen and oxygen atoms in total. The number of hydrogen-bond acceptors (Lipinski definition) is 10. The van der Waals surface area contributed by atoms with Crippen LogP contribution in [0.3, 0.4) is 0 Å². The monoisotopic (exact) mass is 556 g/mol. The van der Waals surface area contributed by atoms with Crippen molar-refractivity contribution in [3.05, 3.63) is 34.1 Å². The Labute approximate surface area is 234 Å². The number of methoxy groups -OCH3 is 3. The molecule has 40 heavy (non-hydrogen) atoms. The zero-order valence-electron chi connectivity index (χ0n) is 24.2. The van der Waals surface area contributed by atoms with Crippen LogP contribution in [0.4, 0.5) is 0 Å².